The van der Waals surface area contributed by atoms with Crippen LogP contribution in [0.15, 0.2) is 36.0 Å². The SMILES string of the molecule is CC1C(c2cc3c(Nc4ccc5scnc5c4F)ccnc3s2)CCCN1C. The van der Waals surface area contributed by atoms with E-state index >= 15 is 0 Å². The van der Waals surface area contributed by atoms with E-state index < -0.39 is 0 Å². The lowest BCUT2D eigenvalue weighted by Crippen LogP contribution is -2.38. The first-order valence-corrected chi connectivity index (χ1v) is 11.2. The number of halogens is 1. The number of likely N-dealkylation sites (N-methyl/N-ethyl adjacent to an activating group) is 1. The number of anilines is 2. The fourth-order valence-electron chi connectivity index (χ4n) is 4.08. The summed E-state index contributed by atoms with van der Waals surface area (Å²) in [6.07, 6.45) is 4.22. The second-order valence-electron chi connectivity index (χ2n) is 7.45. The minimum atomic E-state index is -0.304. The van der Waals surface area contributed by atoms with Gasteiger partial charge >= 0.3 is 0 Å². The maximum absolute atomic E-state index is 14.8. The molecule has 0 aliphatic carbocycles. The summed E-state index contributed by atoms with van der Waals surface area (Å²) in [7, 11) is 2.20. The maximum atomic E-state index is 14.8. The molecular formula is C21H21FN4S2. The monoisotopic (exact) mass is 412 g/mol. The first kappa shape index (κ1) is 18.0. The lowest BCUT2D eigenvalue weighted by molar-refractivity contribution is 0.176. The predicted octanol–water partition coefficient (Wildman–Crippen LogP) is 5.99. The number of thiazole rings is 1. The molecule has 2 unspecified atom stereocenters. The zero-order chi connectivity index (χ0) is 19.3. The van der Waals surface area contributed by atoms with Crippen LogP contribution >= 0.6 is 22.7 Å². The number of piperidine rings is 1. The van der Waals surface area contributed by atoms with Gasteiger partial charge in [-0.15, -0.1) is 22.7 Å². The molecule has 0 bridgehead atoms. The third-order valence-corrected chi connectivity index (χ3v) is 7.80. The van der Waals surface area contributed by atoms with Crippen LogP contribution in [0, 0.1) is 5.82 Å². The fourth-order valence-corrected chi connectivity index (χ4v) is 6.01. The van der Waals surface area contributed by atoms with Gasteiger partial charge in [0.25, 0.3) is 0 Å². The van der Waals surface area contributed by atoms with Crippen molar-refractivity contribution in [3.05, 3.63) is 46.7 Å². The molecular weight excluding hydrogens is 391 g/mol. The highest BCUT2D eigenvalue weighted by molar-refractivity contribution is 7.18. The number of rotatable bonds is 3. The molecule has 4 aromatic rings. The van der Waals surface area contributed by atoms with Gasteiger partial charge in [0.2, 0.25) is 0 Å². The van der Waals surface area contributed by atoms with Crippen molar-refractivity contribution in [1.82, 2.24) is 14.9 Å². The predicted molar refractivity (Wildman–Crippen MR) is 117 cm³/mol. The number of aromatic nitrogens is 2. The summed E-state index contributed by atoms with van der Waals surface area (Å²) >= 11 is 3.21. The Labute approximate surface area is 171 Å². The summed E-state index contributed by atoms with van der Waals surface area (Å²) in [5.74, 6) is 0.218. The number of benzene rings is 1. The summed E-state index contributed by atoms with van der Waals surface area (Å²) in [6, 6.07) is 8.38. The van der Waals surface area contributed by atoms with Crippen LogP contribution < -0.4 is 5.32 Å². The lowest BCUT2D eigenvalue weighted by Gasteiger charge is -2.36. The van der Waals surface area contributed by atoms with Gasteiger partial charge in [0.15, 0.2) is 5.82 Å². The number of fused-ring (bicyclic) bond motifs is 2. The lowest BCUT2D eigenvalue weighted by atomic mass is 9.89. The summed E-state index contributed by atoms with van der Waals surface area (Å²) in [5.41, 5.74) is 3.43. The number of likely N-dealkylation sites (tertiary alicyclic amines) is 1. The van der Waals surface area contributed by atoms with Crippen LogP contribution in [-0.2, 0) is 0 Å². The average Bonchev–Trinajstić information content (AvgIpc) is 3.34. The Morgan fingerprint density at radius 2 is 2.11 bits per heavy atom. The first-order valence-electron chi connectivity index (χ1n) is 9.49. The molecule has 1 fully saturated rings. The number of hydrogen-bond donors (Lipinski definition) is 1. The molecule has 4 heterocycles. The van der Waals surface area contributed by atoms with Crippen molar-refractivity contribution in [3.63, 3.8) is 0 Å². The molecule has 0 radical (unpaired) electrons. The van der Waals surface area contributed by atoms with Gasteiger partial charge in [-0.1, -0.05) is 0 Å². The summed E-state index contributed by atoms with van der Waals surface area (Å²) in [5, 5.41) is 4.34. The summed E-state index contributed by atoms with van der Waals surface area (Å²) < 4.78 is 15.7. The van der Waals surface area contributed by atoms with Gasteiger partial charge < -0.3 is 10.2 Å². The molecule has 1 aliphatic heterocycles. The zero-order valence-electron chi connectivity index (χ0n) is 15.8. The van der Waals surface area contributed by atoms with E-state index in [-0.39, 0.29) is 5.82 Å². The number of pyridine rings is 1. The zero-order valence-corrected chi connectivity index (χ0v) is 17.4. The summed E-state index contributed by atoms with van der Waals surface area (Å²) in [6.45, 7) is 3.46. The number of hydrogen-bond acceptors (Lipinski definition) is 6. The quantitative estimate of drug-likeness (QED) is 0.449. The van der Waals surface area contributed by atoms with Gasteiger partial charge in [-0.05, 0) is 57.6 Å². The standard InChI is InChI=1S/C21H21FN4S2/c1-12-13(4-3-9-26(12)2)18-10-14-15(7-8-23-21(14)28-18)25-16-5-6-17-20(19(16)22)24-11-27-17/h5-8,10-13H,3-4,9H2,1-2H3,(H,23,25). The Morgan fingerprint density at radius 3 is 3.00 bits per heavy atom. The van der Waals surface area contributed by atoms with Gasteiger partial charge in [0, 0.05) is 28.4 Å². The van der Waals surface area contributed by atoms with Crippen LogP contribution in [0.1, 0.15) is 30.6 Å². The minimum absolute atomic E-state index is 0.304. The largest absolute Gasteiger partial charge is 0.352 e. The molecule has 28 heavy (non-hydrogen) atoms. The average molecular weight is 413 g/mol. The highest BCUT2D eigenvalue weighted by Gasteiger charge is 2.28. The molecule has 144 valence electrons. The van der Waals surface area contributed by atoms with Crippen LogP contribution in [0.3, 0.4) is 0 Å². The third kappa shape index (κ3) is 2.98. The second-order valence-corrected chi connectivity index (χ2v) is 9.40. The van der Waals surface area contributed by atoms with Crippen LogP contribution in [-0.4, -0.2) is 34.5 Å². The Hall–Kier alpha value is -2.09. The topological polar surface area (TPSA) is 41.1 Å². The Bertz CT molecular complexity index is 1150. The van der Waals surface area contributed by atoms with Crippen molar-refractivity contribution in [1.29, 1.82) is 0 Å². The van der Waals surface area contributed by atoms with Gasteiger partial charge in [-0.25, -0.2) is 14.4 Å². The van der Waals surface area contributed by atoms with Gasteiger partial charge in [0.1, 0.15) is 10.3 Å². The fraction of sp³-hybridized carbons (Fsp3) is 0.333. The van der Waals surface area contributed by atoms with E-state index in [1.54, 1.807) is 29.1 Å². The first-order chi connectivity index (χ1) is 13.6. The van der Waals surface area contributed by atoms with E-state index in [9.17, 15) is 4.39 Å². The van der Waals surface area contributed by atoms with Crippen LogP contribution in [0.4, 0.5) is 15.8 Å². The molecule has 0 saturated carbocycles. The molecule has 0 spiro atoms. The van der Waals surface area contributed by atoms with Crippen molar-refractivity contribution < 1.29 is 4.39 Å². The Balaban J connectivity index is 1.53. The smallest absolute Gasteiger partial charge is 0.173 e. The molecule has 0 amide bonds. The van der Waals surface area contributed by atoms with Gasteiger partial charge in [0.05, 0.1) is 21.6 Å². The van der Waals surface area contributed by atoms with Crippen molar-refractivity contribution in [3.8, 4) is 0 Å². The highest BCUT2D eigenvalue weighted by Crippen LogP contribution is 2.40. The molecule has 1 aliphatic rings. The molecule has 1 aromatic carbocycles. The Morgan fingerprint density at radius 1 is 1.21 bits per heavy atom. The Kier molecular flexibility index (Phi) is 4.53. The number of nitrogens with one attached hydrogen (secondary N) is 1. The second kappa shape index (κ2) is 7.06. The normalized spacial score (nSPS) is 20.8. The van der Waals surface area contributed by atoms with E-state index in [1.165, 1.54) is 29.1 Å². The molecule has 4 nitrogen and oxygen atoms in total. The van der Waals surface area contributed by atoms with Crippen LogP contribution in [0.25, 0.3) is 20.4 Å². The molecule has 7 heteroatoms. The summed E-state index contributed by atoms with van der Waals surface area (Å²) in [4.78, 5) is 13.5. The highest BCUT2D eigenvalue weighted by atomic mass is 32.1. The molecule has 3 aromatic heterocycles. The van der Waals surface area contributed by atoms with Gasteiger partial charge in [-0.2, -0.15) is 0 Å². The molecule has 2 atom stereocenters. The van der Waals surface area contributed by atoms with E-state index in [4.69, 9.17) is 0 Å². The molecule has 5 rings (SSSR count). The van der Waals surface area contributed by atoms with Crippen molar-refractivity contribution in [2.24, 2.45) is 0 Å². The van der Waals surface area contributed by atoms with E-state index in [0.717, 1.165) is 27.1 Å². The van der Waals surface area contributed by atoms with Gasteiger partial charge in [-0.3, -0.25) is 0 Å². The molecule has 1 N–H and O–H groups in total. The molecule has 1 saturated heterocycles. The van der Waals surface area contributed by atoms with E-state index in [0.29, 0.717) is 23.2 Å². The van der Waals surface area contributed by atoms with E-state index in [1.807, 2.05) is 12.1 Å². The number of nitrogens with zero attached hydrogens (tertiary/aromatic N) is 3. The maximum Gasteiger partial charge on any atom is 0.173 e. The van der Waals surface area contributed by atoms with Crippen molar-refractivity contribution in [2.45, 2.75) is 31.7 Å². The number of thiophene rings is 1. The van der Waals surface area contributed by atoms with Crippen molar-refractivity contribution in [2.75, 3.05) is 18.9 Å². The third-order valence-electron chi connectivity index (χ3n) is 5.83. The van der Waals surface area contributed by atoms with Crippen LogP contribution in [0.5, 0.6) is 0 Å². The van der Waals surface area contributed by atoms with Crippen LogP contribution in [0.2, 0.25) is 0 Å². The minimum Gasteiger partial charge on any atom is -0.352 e. The van der Waals surface area contributed by atoms with E-state index in [2.05, 4.69) is 40.2 Å². The van der Waals surface area contributed by atoms with Crippen molar-refractivity contribution >= 4 is 54.5 Å².